The van der Waals surface area contributed by atoms with Gasteiger partial charge in [-0.1, -0.05) is 11.6 Å². The van der Waals surface area contributed by atoms with Crippen LogP contribution in [-0.4, -0.2) is 36.0 Å². The molecule has 1 aromatic carbocycles. The van der Waals surface area contributed by atoms with E-state index in [0.717, 1.165) is 30.0 Å². The Balaban J connectivity index is 1.92. The molecule has 1 amide bonds. The van der Waals surface area contributed by atoms with Crippen molar-refractivity contribution in [2.24, 2.45) is 0 Å². The number of hydrogen-bond donors (Lipinski definition) is 1. The summed E-state index contributed by atoms with van der Waals surface area (Å²) in [6, 6.07) is 7.09. The van der Waals surface area contributed by atoms with Crippen LogP contribution in [0.1, 0.15) is 51.9 Å². The zero-order chi connectivity index (χ0) is 19.6. The van der Waals surface area contributed by atoms with E-state index in [4.69, 9.17) is 16.3 Å². The average molecular weight is 407 g/mol. The fourth-order valence-corrected chi connectivity index (χ4v) is 4.53. The van der Waals surface area contributed by atoms with Crippen LogP contribution in [0, 0.1) is 0 Å². The molecule has 1 aliphatic heterocycles. The Hall–Kier alpha value is -1.89. The van der Waals surface area contributed by atoms with Gasteiger partial charge in [0.15, 0.2) is 0 Å². The van der Waals surface area contributed by atoms with Gasteiger partial charge in [-0.05, 0) is 57.0 Å². The third kappa shape index (κ3) is 4.34. The first kappa shape index (κ1) is 19.9. The summed E-state index contributed by atoms with van der Waals surface area (Å²) >= 11 is 7.35. The molecule has 0 saturated heterocycles. The van der Waals surface area contributed by atoms with E-state index in [0.29, 0.717) is 33.8 Å². The van der Waals surface area contributed by atoms with Crippen molar-refractivity contribution in [1.82, 2.24) is 4.90 Å². The molecule has 144 valence electrons. The predicted octanol–water partition coefficient (Wildman–Crippen LogP) is 4.60. The van der Waals surface area contributed by atoms with E-state index < -0.39 is 0 Å². The lowest BCUT2D eigenvalue weighted by Crippen LogP contribution is -2.35. The van der Waals surface area contributed by atoms with Crippen molar-refractivity contribution in [3.63, 3.8) is 0 Å². The van der Waals surface area contributed by atoms with E-state index in [2.05, 4.69) is 24.1 Å². The molecule has 0 atom stereocenters. The number of esters is 1. The van der Waals surface area contributed by atoms with Gasteiger partial charge < -0.3 is 10.1 Å². The summed E-state index contributed by atoms with van der Waals surface area (Å²) in [5, 5.41) is 4.03. The Bertz CT molecular complexity index is 846. The highest BCUT2D eigenvalue weighted by Crippen LogP contribution is 2.38. The Labute approximate surface area is 168 Å². The number of nitrogens with one attached hydrogen (secondary N) is 1. The van der Waals surface area contributed by atoms with Crippen LogP contribution in [0.15, 0.2) is 24.3 Å². The lowest BCUT2D eigenvalue weighted by molar-refractivity contribution is 0.0526. The van der Waals surface area contributed by atoms with Crippen LogP contribution in [0.4, 0.5) is 5.00 Å². The zero-order valence-electron chi connectivity index (χ0n) is 15.7. The molecule has 7 heteroatoms. The summed E-state index contributed by atoms with van der Waals surface area (Å²) < 4.78 is 5.26. The molecule has 27 heavy (non-hydrogen) atoms. The number of benzene rings is 1. The third-order valence-electron chi connectivity index (χ3n) is 4.63. The highest BCUT2D eigenvalue weighted by Gasteiger charge is 2.30. The number of halogens is 1. The number of fused-ring (bicyclic) bond motifs is 1. The van der Waals surface area contributed by atoms with Crippen LogP contribution in [-0.2, 0) is 17.7 Å². The molecule has 0 unspecified atom stereocenters. The standard InChI is InChI=1S/C20H23ClN2O3S/c1-4-26-20(25)17-15-9-10-23(12(2)3)11-16(15)27-19(17)22-18(24)13-5-7-14(21)8-6-13/h5-8,12H,4,9-11H2,1-3H3,(H,22,24). The lowest BCUT2D eigenvalue weighted by atomic mass is 10.0. The monoisotopic (exact) mass is 406 g/mol. The number of carbonyl (C=O) groups is 2. The minimum atomic E-state index is -0.376. The van der Waals surface area contributed by atoms with Gasteiger partial charge in [0.25, 0.3) is 5.91 Å². The molecule has 5 nitrogen and oxygen atoms in total. The number of ether oxygens (including phenoxy) is 1. The van der Waals surface area contributed by atoms with Gasteiger partial charge in [0.05, 0.1) is 12.2 Å². The maximum atomic E-state index is 12.6. The molecule has 0 bridgehead atoms. The quantitative estimate of drug-likeness (QED) is 0.737. The fraction of sp³-hybridized carbons (Fsp3) is 0.400. The average Bonchev–Trinajstić information content (AvgIpc) is 2.99. The van der Waals surface area contributed by atoms with E-state index in [-0.39, 0.29) is 11.9 Å². The minimum absolute atomic E-state index is 0.267. The van der Waals surface area contributed by atoms with Crippen molar-refractivity contribution in [2.45, 2.75) is 39.8 Å². The molecule has 0 fully saturated rings. The van der Waals surface area contributed by atoms with E-state index in [1.54, 1.807) is 31.2 Å². The fourth-order valence-electron chi connectivity index (χ4n) is 3.15. The summed E-state index contributed by atoms with van der Waals surface area (Å²) in [6.45, 7) is 8.07. The van der Waals surface area contributed by atoms with Crippen LogP contribution in [0.5, 0.6) is 0 Å². The van der Waals surface area contributed by atoms with Crippen molar-refractivity contribution < 1.29 is 14.3 Å². The molecule has 1 aromatic heterocycles. The van der Waals surface area contributed by atoms with E-state index >= 15 is 0 Å². The predicted molar refractivity (Wildman–Crippen MR) is 109 cm³/mol. The smallest absolute Gasteiger partial charge is 0.341 e. The Morgan fingerprint density at radius 3 is 2.63 bits per heavy atom. The van der Waals surface area contributed by atoms with E-state index in [1.807, 2.05) is 0 Å². The van der Waals surface area contributed by atoms with Crippen molar-refractivity contribution >= 4 is 39.8 Å². The number of hydrogen-bond acceptors (Lipinski definition) is 5. The normalized spacial score (nSPS) is 14.1. The van der Waals surface area contributed by atoms with E-state index in [9.17, 15) is 9.59 Å². The number of carbonyl (C=O) groups excluding carboxylic acids is 2. The molecule has 2 aromatic rings. The number of thiophene rings is 1. The van der Waals surface area contributed by atoms with Crippen LogP contribution in [0.25, 0.3) is 0 Å². The highest BCUT2D eigenvalue weighted by atomic mass is 35.5. The lowest BCUT2D eigenvalue weighted by Gasteiger charge is -2.30. The number of rotatable bonds is 5. The molecule has 0 radical (unpaired) electrons. The van der Waals surface area contributed by atoms with Gasteiger partial charge in [0.2, 0.25) is 0 Å². The molecule has 0 saturated carbocycles. The van der Waals surface area contributed by atoms with E-state index in [1.165, 1.54) is 11.3 Å². The van der Waals surface area contributed by atoms with Crippen LogP contribution >= 0.6 is 22.9 Å². The topological polar surface area (TPSA) is 58.6 Å². The number of nitrogens with zero attached hydrogens (tertiary/aromatic N) is 1. The Morgan fingerprint density at radius 1 is 1.30 bits per heavy atom. The molecule has 2 heterocycles. The summed E-state index contributed by atoms with van der Waals surface area (Å²) in [5.41, 5.74) is 1.99. The third-order valence-corrected chi connectivity index (χ3v) is 6.01. The highest BCUT2D eigenvalue weighted by molar-refractivity contribution is 7.17. The zero-order valence-corrected chi connectivity index (χ0v) is 17.2. The first-order valence-corrected chi connectivity index (χ1v) is 10.2. The van der Waals surface area contributed by atoms with Gasteiger partial charge in [-0.3, -0.25) is 9.69 Å². The largest absolute Gasteiger partial charge is 0.462 e. The molecule has 3 rings (SSSR count). The number of amides is 1. The summed E-state index contributed by atoms with van der Waals surface area (Å²) in [6.07, 6.45) is 0.773. The van der Waals surface area contributed by atoms with Gasteiger partial charge in [0.1, 0.15) is 5.00 Å². The summed E-state index contributed by atoms with van der Waals surface area (Å²) in [4.78, 5) is 28.7. The minimum Gasteiger partial charge on any atom is -0.462 e. The molecule has 1 aliphatic rings. The Morgan fingerprint density at radius 2 is 2.00 bits per heavy atom. The second kappa shape index (κ2) is 8.42. The van der Waals surface area contributed by atoms with Gasteiger partial charge in [-0.15, -0.1) is 11.3 Å². The number of anilines is 1. The maximum absolute atomic E-state index is 12.6. The molecule has 0 spiro atoms. The Kier molecular flexibility index (Phi) is 6.19. The van der Waals surface area contributed by atoms with Gasteiger partial charge in [0, 0.05) is 34.6 Å². The van der Waals surface area contributed by atoms with Crippen LogP contribution in [0.2, 0.25) is 5.02 Å². The maximum Gasteiger partial charge on any atom is 0.341 e. The first-order chi connectivity index (χ1) is 12.9. The molecular formula is C20H23ClN2O3S. The molecule has 1 N–H and O–H groups in total. The van der Waals surface area contributed by atoms with Crippen molar-refractivity contribution in [2.75, 3.05) is 18.5 Å². The van der Waals surface area contributed by atoms with Gasteiger partial charge in [-0.2, -0.15) is 0 Å². The van der Waals surface area contributed by atoms with Crippen molar-refractivity contribution in [3.05, 3.63) is 50.9 Å². The van der Waals surface area contributed by atoms with Crippen LogP contribution in [0.3, 0.4) is 0 Å². The van der Waals surface area contributed by atoms with Crippen molar-refractivity contribution in [3.8, 4) is 0 Å². The molecular weight excluding hydrogens is 384 g/mol. The first-order valence-electron chi connectivity index (χ1n) is 9.03. The van der Waals surface area contributed by atoms with Crippen molar-refractivity contribution in [1.29, 1.82) is 0 Å². The van der Waals surface area contributed by atoms with Gasteiger partial charge >= 0.3 is 5.97 Å². The second-order valence-electron chi connectivity index (χ2n) is 6.70. The molecule has 0 aliphatic carbocycles. The summed E-state index contributed by atoms with van der Waals surface area (Å²) in [5.74, 6) is -0.643. The SMILES string of the molecule is CCOC(=O)c1c(NC(=O)c2ccc(Cl)cc2)sc2c1CCN(C(C)C)C2. The summed E-state index contributed by atoms with van der Waals surface area (Å²) in [7, 11) is 0. The second-order valence-corrected chi connectivity index (χ2v) is 8.25. The van der Waals surface area contributed by atoms with Crippen LogP contribution < -0.4 is 5.32 Å². The van der Waals surface area contributed by atoms with Gasteiger partial charge in [-0.25, -0.2) is 4.79 Å².